The Hall–Kier alpha value is -3.82. The van der Waals surface area contributed by atoms with E-state index in [-0.39, 0.29) is 5.91 Å². The molecule has 0 spiro atoms. The van der Waals surface area contributed by atoms with Gasteiger partial charge in [0, 0.05) is 93.7 Å². The Morgan fingerprint density at radius 2 is 1.62 bits per heavy atom. The minimum absolute atomic E-state index is 0.370. The number of nitrogens with one attached hydrogen (secondary N) is 1. The van der Waals surface area contributed by atoms with Crippen molar-refractivity contribution in [3.05, 3.63) is 82.9 Å². The van der Waals surface area contributed by atoms with E-state index in [1.165, 1.54) is 5.56 Å². The molecule has 1 atom stereocenters. The Balaban J connectivity index is 1.11. The van der Waals surface area contributed by atoms with Crippen LogP contribution in [0.5, 0.6) is 5.88 Å². The Labute approximate surface area is 277 Å². The third kappa shape index (κ3) is 10.1. The molecule has 3 fully saturated rings. The number of aromatic nitrogens is 1. The van der Waals surface area contributed by atoms with Crippen LogP contribution in [0.4, 0.5) is 0 Å². The van der Waals surface area contributed by atoms with Gasteiger partial charge in [-0.2, -0.15) is 0 Å². The minimum Gasteiger partial charge on any atom is -0.476 e. The molecule has 1 N–H and O–H groups in total. The predicted molar refractivity (Wildman–Crippen MR) is 180 cm³/mol. The first kappa shape index (κ1) is 33.1. The summed E-state index contributed by atoms with van der Waals surface area (Å²) in [6, 6.07) is 19.8. The number of piperazine rings is 1. The number of ether oxygens (including phenoxy) is 3. The van der Waals surface area contributed by atoms with E-state index >= 15 is 0 Å². The van der Waals surface area contributed by atoms with Gasteiger partial charge in [0.2, 0.25) is 5.88 Å². The number of rotatable bonds is 10. The maximum Gasteiger partial charge on any atom is 0.275 e. The molecule has 3 aliphatic rings. The molecule has 3 saturated heterocycles. The zero-order valence-corrected chi connectivity index (χ0v) is 27.3. The summed E-state index contributed by atoms with van der Waals surface area (Å²) in [6.07, 6.45) is 2.32. The molecule has 248 valence electrons. The number of hydroxylamine groups is 1. The molecule has 1 amide bonds. The summed E-state index contributed by atoms with van der Waals surface area (Å²) in [5.41, 5.74) is 7.61. The third-order valence-electron chi connectivity index (χ3n) is 8.73. The van der Waals surface area contributed by atoms with Crippen LogP contribution in [0.2, 0.25) is 0 Å². The molecule has 3 aliphatic heterocycles. The van der Waals surface area contributed by atoms with Gasteiger partial charge in [0.05, 0.1) is 18.9 Å². The lowest BCUT2D eigenvalue weighted by Crippen LogP contribution is -2.45. The molecule has 4 heterocycles. The van der Waals surface area contributed by atoms with Crippen molar-refractivity contribution in [3.8, 4) is 29.0 Å². The Morgan fingerprint density at radius 3 is 2.32 bits per heavy atom. The highest BCUT2D eigenvalue weighted by molar-refractivity contribution is 5.94. The lowest BCUT2D eigenvalue weighted by Gasteiger charge is -2.32. The number of amides is 1. The lowest BCUT2D eigenvalue weighted by atomic mass is 10.1. The Kier molecular flexibility index (Phi) is 11.9. The summed E-state index contributed by atoms with van der Waals surface area (Å²) in [7, 11) is 2.14. The number of hydrogen-bond donors (Lipinski definition) is 1. The van der Waals surface area contributed by atoms with E-state index in [1.54, 1.807) is 12.1 Å². The second-order valence-electron chi connectivity index (χ2n) is 12.3. The van der Waals surface area contributed by atoms with Gasteiger partial charge in [-0.3, -0.25) is 14.6 Å². The summed E-state index contributed by atoms with van der Waals surface area (Å²) in [4.78, 5) is 30.6. The molecule has 0 aliphatic carbocycles. The highest BCUT2D eigenvalue weighted by Gasteiger charge is 2.19. The molecule has 0 saturated carbocycles. The third-order valence-corrected chi connectivity index (χ3v) is 8.73. The molecular formula is C37H45N5O5. The molecule has 2 aromatic carbocycles. The summed E-state index contributed by atoms with van der Waals surface area (Å²) in [5, 5.41) is 0. The molecule has 1 unspecified atom stereocenters. The number of likely N-dealkylation sites (N-methyl/N-ethyl adjacent to an activating group) is 1. The zero-order valence-electron chi connectivity index (χ0n) is 27.3. The Morgan fingerprint density at radius 1 is 0.894 bits per heavy atom. The number of pyridine rings is 1. The SMILES string of the molecule is CN1CCN(CCOc2cc(C(=O)NOC3CCCCO3)cc(-c3ccc(C#Cc4ccc(CN5CCOCC5)cc4)cc3)n2)CC1. The van der Waals surface area contributed by atoms with Gasteiger partial charge in [-0.15, -0.1) is 0 Å². The van der Waals surface area contributed by atoms with Gasteiger partial charge in [0.25, 0.3) is 5.91 Å². The molecule has 3 aromatic rings. The fourth-order valence-electron chi connectivity index (χ4n) is 5.77. The van der Waals surface area contributed by atoms with Crippen LogP contribution >= 0.6 is 0 Å². The van der Waals surface area contributed by atoms with E-state index in [2.05, 4.69) is 63.3 Å². The van der Waals surface area contributed by atoms with Gasteiger partial charge in [-0.1, -0.05) is 36.1 Å². The molecule has 1 aromatic heterocycles. The molecule has 47 heavy (non-hydrogen) atoms. The second-order valence-corrected chi connectivity index (χ2v) is 12.3. The van der Waals surface area contributed by atoms with E-state index in [0.29, 0.717) is 30.4 Å². The zero-order chi connectivity index (χ0) is 32.3. The number of hydrogen-bond acceptors (Lipinski definition) is 9. The van der Waals surface area contributed by atoms with Gasteiger partial charge in [0.1, 0.15) is 6.61 Å². The first-order chi connectivity index (χ1) is 23.1. The summed E-state index contributed by atoms with van der Waals surface area (Å²) in [5.74, 6) is 6.57. The van der Waals surface area contributed by atoms with Crippen molar-refractivity contribution in [2.45, 2.75) is 32.1 Å². The summed E-state index contributed by atoms with van der Waals surface area (Å²) >= 11 is 0. The second kappa shape index (κ2) is 16.8. The smallest absolute Gasteiger partial charge is 0.275 e. The van der Waals surface area contributed by atoms with E-state index in [4.69, 9.17) is 24.0 Å². The fourth-order valence-corrected chi connectivity index (χ4v) is 5.77. The maximum atomic E-state index is 13.2. The van der Waals surface area contributed by atoms with Crippen LogP contribution in [0.15, 0.2) is 60.7 Å². The van der Waals surface area contributed by atoms with Gasteiger partial charge in [-0.05, 0) is 55.8 Å². The van der Waals surface area contributed by atoms with Crippen molar-refractivity contribution in [1.82, 2.24) is 25.2 Å². The van der Waals surface area contributed by atoms with E-state index in [0.717, 1.165) is 102 Å². The molecule has 10 heteroatoms. The van der Waals surface area contributed by atoms with E-state index in [1.807, 2.05) is 24.3 Å². The normalized spacial score (nSPS) is 19.5. The standard InChI is InChI=1S/C37H45N5O5/c1-40-15-17-41(18-16-40)21-25-45-35-27-33(37(43)39-47-36-4-2-3-22-46-36)26-34(38-35)32-13-11-30(12-14-32)6-5-29-7-9-31(10-8-29)28-42-19-23-44-24-20-42/h7-14,26-27,36H,2-4,15-25,28H2,1H3,(H,39,43). The van der Waals surface area contributed by atoms with Crippen molar-refractivity contribution in [2.24, 2.45) is 0 Å². The van der Waals surface area contributed by atoms with Crippen molar-refractivity contribution in [1.29, 1.82) is 0 Å². The van der Waals surface area contributed by atoms with Crippen molar-refractivity contribution in [2.75, 3.05) is 79.3 Å². The van der Waals surface area contributed by atoms with E-state index in [9.17, 15) is 4.79 Å². The quantitative estimate of drug-likeness (QED) is 0.263. The summed E-state index contributed by atoms with van der Waals surface area (Å²) < 4.78 is 17.1. The largest absolute Gasteiger partial charge is 0.476 e. The number of carbonyl (C=O) groups is 1. The highest BCUT2D eigenvalue weighted by Crippen LogP contribution is 2.24. The average molecular weight is 640 g/mol. The number of carbonyl (C=O) groups excluding carboxylic acids is 1. The minimum atomic E-state index is -0.435. The van der Waals surface area contributed by atoms with Crippen molar-refractivity contribution < 1.29 is 23.8 Å². The first-order valence-electron chi connectivity index (χ1n) is 16.7. The van der Waals surface area contributed by atoms with Crippen LogP contribution in [-0.4, -0.2) is 111 Å². The van der Waals surface area contributed by atoms with Crippen molar-refractivity contribution >= 4 is 5.91 Å². The van der Waals surface area contributed by atoms with Gasteiger partial charge >= 0.3 is 0 Å². The van der Waals surface area contributed by atoms with Gasteiger partial charge in [0.15, 0.2) is 6.29 Å². The van der Waals surface area contributed by atoms with Crippen molar-refractivity contribution in [3.63, 3.8) is 0 Å². The topological polar surface area (TPSA) is 88.6 Å². The Bertz CT molecular complexity index is 1500. The summed E-state index contributed by atoms with van der Waals surface area (Å²) in [6.45, 7) is 10.5. The molecule has 0 bridgehead atoms. The monoisotopic (exact) mass is 639 g/mol. The highest BCUT2D eigenvalue weighted by atomic mass is 16.8. The van der Waals surface area contributed by atoms with E-state index < -0.39 is 6.29 Å². The van der Waals surface area contributed by atoms with Crippen LogP contribution in [0.25, 0.3) is 11.3 Å². The first-order valence-corrected chi connectivity index (χ1v) is 16.7. The molecule has 6 rings (SSSR count). The lowest BCUT2D eigenvalue weighted by molar-refractivity contribution is -0.186. The fraction of sp³-hybridized carbons (Fsp3) is 0.459. The molecular weight excluding hydrogens is 594 g/mol. The predicted octanol–water partition coefficient (Wildman–Crippen LogP) is 3.79. The van der Waals surface area contributed by atoms with Crippen LogP contribution in [0, 0.1) is 11.8 Å². The average Bonchev–Trinajstić information content (AvgIpc) is 3.12. The van der Waals surface area contributed by atoms with Crippen LogP contribution in [0.3, 0.4) is 0 Å². The number of nitrogens with zero attached hydrogens (tertiary/aromatic N) is 4. The number of benzene rings is 2. The van der Waals surface area contributed by atoms with Gasteiger partial charge < -0.3 is 19.1 Å². The molecule has 10 nitrogen and oxygen atoms in total. The maximum absolute atomic E-state index is 13.2. The molecule has 0 radical (unpaired) electrons. The number of morpholine rings is 1. The van der Waals surface area contributed by atoms with Gasteiger partial charge in [-0.25, -0.2) is 15.3 Å². The van der Waals surface area contributed by atoms with Crippen LogP contribution < -0.4 is 10.2 Å². The van der Waals surface area contributed by atoms with Crippen LogP contribution in [0.1, 0.15) is 46.3 Å². The van der Waals surface area contributed by atoms with Crippen LogP contribution in [-0.2, 0) is 20.9 Å².